The lowest BCUT2D eigenvalue weighted by Crippen LogP contribution is -1.90. The van der Waals surface area contributed by atoms with Crippen molar-refractivity contribution in [1.29, 1.82) is 0 Å². The summed E-state index contributed by atoms with van der Waals surface area (Å²) in [5.74, 6) is 0. The highest BCUT2D eigenvalue weighted by Crippen LogP contribution is 2.21. The zero-order valence-electron chi connectivity index (χ0n) is 6.77. The summed E-state index contributed by atoms with van der Waals surface area (Å²) >= 11 is 1.68. The van der Waals surface area contributed by atoms with Crippen LogP contribution in [0.2, 0.25) is 0 Å². The zero-order chi connectivity index (χ0) is 8.27. The molecule has 58 valence electrons. The van der Waals surface area contributed by atoms with Gasteiger partial charge >= 0.3 is 0 Å². The number of aryl methyl sites for hydroxylation is 1. The molecule has 0 aliphatic heterocycles. The number of hydrogen-bond acceptors (Lipinski definition) is 2. The lowest BCUT2D eigenvalue weighted by Gasteiger charge is -2.03. The van der Waals surface area contributed by atoms with E-state index in [2.05, 4.69) is 19.1 Å². The predicted octanol–water partition coefficient (Wildman–Crippen LogP) is 2.15. The molecular weight excluding hydrogens is 154 g/mol. The predicted molar refractivity (Wildman–Crippen MR) is 49.7 cm³/mol. The molecule has 0 bridgehead atoms. The number of thioether (sulfide) groups is 1. The van der Waals surface area contributed by atoms with Crippen molar-refractivity contribution in [1.82, 2.24) is 0 Å². The Morgan fingerprint density at radius 2 is 2.36 bits per heavy atom. The van der Waals surface area contributed by atoms with Gasteiger partial charge in [0.2, 0.25) is 0 Å². The molecule has 0 aromatic heterocycles. The summed E-state index contributed by atoms with van der Waals surface area (Å²) in [4.78, 5) is 1.14. The van der Waals surface area contributed by atoms with Crippen LogP contribution in [0.5, 0.6) is 0 Å². The Hall–Kier alpha value is -0.630. The third kappa shape index (κ3) is 1.90. The van der Waals surface area contributed by atoms with E-state index >= 15 is 0 Å². The number of anilines is 1. The third-order valence-electron chi connectivity index (χ3n) is 1.53. The summed E-state index contributed by atoms with van der Waals surface area (Å²) in [5, 5.41) is 0. The molecule has 2 heteroatoms. The summed E-state index contributed by atoms with van der Waals surface area (Å²) in [7, 11) is 0. The minimum Gasteiger partial charge on any atom is -0.398 e. The Kier molecular flexibility index (Phi) is 2.83. The summed E-state index contributed by atoms with van der Waals surface area (Å²) in [6.45, 7) is 2.12. The molecule has 0 fully saturated rings. The van der Waals surface area contributed by atoms with Gasteiger partial charge in [-0.15, -0.1) is 11.8 Å². The molecule has 0 aliphatic rings. The molecule has 2 N–H and O–H groups in total. The second kappa shape index (κ2) is 3.67. The molecule has 0 heterocycles. The summed E-state index contributed by atoms with van der Waals surface area (Å²) in [6, 6.07) is 7.94. The molecule has 0 amide bonds. The first-order chi connectivity index (χ1) is 5.27. The quantitative estimate of drug-likeness (QED) is 0.537. The van der Waals surface area contributed by atoms with Gasteiger partial charge in [-0.05, 0) is 24.3 Å². The van der Waals surface area contributed by atoms with Gasteiger partial charge in [-0.1, -0.05) is 6.92 Å². The van der Waals surface area contributed by atoms with Crippen molar-refractivity contribution >= 4 is 17.4 Å². The number of hydrogen-bond donors (Lipinski definition) is 1. The van der Waals surface area contributed by atoms with Crippen LogP contribution in [0.4, 0.5) is 5.69 Å². The van der Waals surface area contributed by atoms with Crippen LogP contribution in [-0.2, 0) is 6.42 Å². The second-order valence-electron chi connectivity index (χ2n) is 2.24. The van der Waals surface area contributed by atoms with Crippen LogP contribution in [0.15, 0.2) is 11.0 Å². The molecule has 0 aliphatic carbocycles. The average Bonchev–Trinajstić information content (AvgIpc) is 2.04. The van der Waals surface area contributed by atoms with Gasteiger partial charge in [-0.2, -0.15) is 0 Å². The highest BCUT2D eigenvalue weighted by Gasteiger charge is 1.99. The van der Waals surface area contributed by atoms with E-state index in [0.29, 0.717) is 5.69 Å². The van der Waals surface area contributed by atoms with Gasteiger partial charge < -0.3 is 5.73 Å². The Morgan fingerprint density at radius 1 is 1.64 bits per heavy atom. The van der Waals surface area contributed by atoms with Gasteiger partial charge in [0, 0.05) is 22.7 Å². The standard InChI is InChI=1S/C9H11NS/c1-3-7-4-5-8(10)6-9(7)11-2/h4H,3,10H2,1-2H3. The van der Waals surface area contributed by atoms with Crippen LogP contribution in [0.1, 0.15) is 12.5 Å². The topological polar surface area (TPSA) is 26.0 Å². The van der Waals surface area contributed by atoms with Gasteiger partial charge in [-0.3, -0.25) is 0 Å². The Balaban J connectivity index is 3.06. The van der Waals surface area contributed by atoms with Crippen molar-refractivity contribution in [2.45, 2.75) is 18.2 Å². The Bertz CT molecular complexity index is 245. The monoisotopic (exact) mass is 165 g/mol. The smallest absolute Gasteiger partial charge is 0.0486 e. The fourth-order valence-corrected chi connectivity index (χ4v) is 1.59. The van der Waals surface area contributed by atoms with Crippen molar-refractivity contribution in [3.8, 4) is 0 Å². The molecule has 2 radical (unpaired) electrons. The molecule has 0 saturated heterocycles. The molecule has 0 atom stereocenters. The summed E-state index contributed by atoms with van der Waals surface area (Å²) in [5.41, 5.74) is 7.41. The Morgan fingerprint density at radius 3 is 2.91 bits per heavy atom. The van der Waals surface area contributed by atoms with E-state index in [0.717, 1.165) is 11.3 Å². The van der Waals surface area contributed by atoms with E-state index in [9.17, 15) is 0 Å². The van der Waals surface area contributed by atoms with E-state index in [1.807, 2.05) is 12.3 Å². The molecule has 0 saturated carbocycles. The first-order valence-electron chi connectivity index (χ1n) is 3.54. The van der Waals surface area contributed by atoms with E-state index < -0.39 is 0 Å². The number of rotatable bonds is 2. The van der Waals surface area contributed by atoms with Gasteiger partial charge in [-0.25, -0.2) is 0 Å². The molecule has 1 rings (SSSR count). The molecule has 11 heavy (non-hydrogen) atoms. The first-order valence-corrected chi connectivity index (χ1v) is 4.76. The molecule has 1 aromatic rings. The minimum atomic E-state index is 0.603. The molecular formula is C9H11NS. The molecule has 0 spiro atoms. The van der Waals surface area contributed by atoms with Crippen molar-refractivity contribution in [3.05, 3.63) is 23.8 Å². The largest absolute Gasteiger partial charge is 0.398 e. The van der Waals surface area contributed by atoms with Gasteiger partial charge in [0.05, 0.1) is 0 Å². The van der Waals surface area contributed by atoms with Crippen molar-refractivity contribution in [2.24, 2.45) is 0 Å². The van der Waals surface area contributed by atoms with Crippen LogP contribution < -0.4 is 5.73 Å². The van der Waals surface area contributed by atoms with Crippen molar-refractivity contribution in [3.63, 3.8) is 0 Å². The summed E-state index contributed by atoms with van der Waals surface area (Å²) in [6.07, 6.45) is 3.05. The average molecular weight is 165 g/mol. The van der Waals surface area contributed by atoms with E-state index in [-0.39, 0.29) is 0 Å². The van der Waals surface area contributed by atoms with Crippen LogP contribution in [0.3, 0.4) is 0 Å². The third-order valence-corrected chi connectivity index (χ3v) is 2.30. The fourth-order valence-electron chi connectivity index (χ4n) is 0.914. The van der Waals surface area contributed by atoms with E-state index in [4.69, 9.17) is 5.73 Å². The van der Waals surface area contributed by atoms with Crippen LogP contribution >= 0.6 is 11.8 Å². The maximum Gasteiger partial charge on any atom is 0.0486 e. The molecule has 1 nitrogen and oxygen atoms in total. The maximum absolute atomic E-state index is 5.53. The normalized spacial score (nSPS) is 10.0. The minimum absolute atomic E-state index is 0.603. The van der Waals surface area contributed by atoms with E-state index in [1.165, 1.54) is 5.56 Å². The number of nitrogens with two attached hydrogens (primary N) is 1. The molecule has 1 aromatic carbocycles. The second-order valence-corrected chi connectivity index (χ2v) is 3.06. The first kappa shape index (κ1) is 8.47. The fraction of sp³-hybridized carbons (Fsp3) is 0.333. The lowest BCUT2D eigenvalue weighted by molar-refractivity contribution is 1.08. The van der Waals surface area contributed by atoms with Gasteiger partial charge in [0.15, 0.2) is 0 Å². The molecule has 0 unspecified atom stereocenters. The summed E-state index contributed by atoms with van der Waals surface area (Å²) < 4.78 is 0. The van der Waals surface area contributed by atoms with Crippen LogP contribution in [0, 0.1) is 12.1 Å². The number of nitrogen functional groups attached to an aromatic ring is 1. The van der Waals surface area contributed by atoms with E-state index in [1.54, 1.807) is 11.8 Å². The zero-order valence-corrected chi connectivity index (χ0v) is 7.59. The van der Waals surface area contributed by atoms with Crippen LogP contribution in [-0.4, -0.2) is 6.26 Å². The van der Waals surface area contributed by atoms with Crippen LogP contribution in [0.25, 0.3) is 0 Å². The highest BCUT2D eigenvalue weighted by molar-refractivity contribution is 7.98. The number of benzene rings is 1. The van der Waals surface area contributed by atoms with Crippen molar-refractivity contribution < 1.29 is 0 Å². The highest BCUT2D eigenvalue weighted by atomic mass is 32.2. The lowest BCUT2D eigenvalue weighted by atomic mass is 10.1. The van der Waals surface area contributed by atoms with Gasteiger partial charge in [0.1, 0.15) is 0 Å². The Labute approximate surface area is 72.0 Å². The SMILES string of the molecule is CCc1c[c]c(N)[c]c1SC. The maximum atomic E-state index is 5.53. The van der Waals surface area contributed by atoms with Gasteiger partial charge in [0.25, 0.3) is 0 Å². The van der Waals surface area contributed by atoms with Crippen molar-refractivity contribution in [2.75, 3.05) is 12.0 Å².